The fourth-order valence-electron chi connectivity index (χ4n) is 2.60. The number of benzene rings is 2. The molecule has 0 radical (unpaired) electrons. The molecule has 2 heterocycles. The van der Waals surface area contributed by atoms with Gasteiger partial charge in [-0.15, -0.1) is 0 Å². The predicted molar refractivity (Wildman–Crippen MR) is 101 cm³/mol. The first-order chi connectivity index (χ1) is 12.8. The van der Waals surface area contributed by atoms with Crippen molar-refractivity contribution < 1.29 is 13.9 Å². The lowest BCUT2D eigenvalue weighted by molar-refractivity contribution is 0.231. The molecule has 0 aliphatic rings. The molecule has 4 aromatic rings. The van der Waals surface area contributed by atoms with Crippen LogP contribution in [0.5, 0.6) is 11.7 Å². The van der Waals surface area contributed by atoms with Crippen LogP contribution in [0.4, 0.5) is 0 Å². The second kappa shape index (κ2) is 7.50. The van der Waals surface area contributed by atoms with Crippen molar-refractivity contribution in [1.29, 1.82) is 0 Å². The largest absolute Gasteiger partial charge is 0.487 e. The number of rotatable bonds is 6. The number of halogens is 1. The number of nitrogens with zero attached hydrogens (tertiary/aromatic N) is 1. The lowest BCUT2D eigenvalue weighted by Crippen LogP contribution is -2.00. The Hall–Kier alpha value is -2.98. The highest BCUT2D eigenvalue weighted by Crippen LogP contribution is 2.20. The van der Waals surface area contributed by atoms with E-state index in [1.165, 1.54) is 0 Å². The van der Waals surface area contributed by atoms with Crippen molar-refractivity contribution in [2.45, 2.75) is 13.2 Å². The van der Waals surface area contributed by atoms with Crippen LogP contribution in [0.2, 0.25) is 5.02 Å². The maximum Gasteiger partial charge on any atom is 0.284 e. The minimum atomic E-state index is 0.390. The highest BCUT2D eigenvalue weighted by Gasteiger charge is 2.03. The molecule has 26 heavy (non-hydrogen) atoms. The van der Waals surface area contributed by atoms with Crippen molar-refractivity contribution in [2.75, 3.05) is 0 Å². The van der Waals surface area contributed by atoms with E-state index in [-0.39, 0.29) is 0 Å². The third kappa shape index (κ3) is 3.98. The van der Waals surface area contributed by atoms with Crippen molar-refractivity contribution in [1.82, 2.24) is 4.98 Å². The average molecular weight is 366 g/mol. The molecule has 0 fully saturated rings. The summed E-state index contributed by atoms with van der Waals surface area (Å²) in [7, 11) is 0. The molecule has 0 saturated heterocycles. The summed E-state index contributed by atoms with van der Waals surface area (Å²) in [6.07, 6.45) is 1.58. The van der Waals surface area contributed by atoms with Crippen LogP contribution in [0, 0.1) is 0 Å². The summed E-state index contributed by atoms with van der Waals surface area (Å²) in [6, 6.07) is 20.9. The molecule has 0 amide bonds. The molecule has 0 aliphatic carbocycles. The van der Waals surface area contributed by atoms with Gasteiger partial charge in [-0.1, -0.05) is 29.8 Å². The Labute approximate surface area is 156 Å². The Morgan fingerprint density at radius 2 is 1.85 bits per heavy atom. The number of aromatic nitrogens is 1. The number of fused-ring (bicyclic) bond motifs is 1. The summed E-state index contributed by atoms with van der Waals surface area (Å²) in [5.41, 5.74) is 2.76. The van der Waals surface area contributed by atoms with E-state index in [1.807, 2.05) is 54.6 Å². The summed E-state index contributed by atoms with van der Waals surface area (Å²) < 4.78 is 16.6. The van der Waals surface area contributed by atoms with Gasteiger partial charge in [0.2, 0.25) is 0 Å². The summed E-state index contributed by atoms with van der Waals surface area (Å²) in [6.45, 7) is 0.806. The van der Waals surface area contributed by atoms with Crippen LogP contribution in [-0.2, 0) is 13.2 Å². The zero-order chi connectivity index (χ0) is 17.8. The van der Waals surface area contributed by atoms with Gasteiger partial charge in [0.05, 0.1) is 17.5 Å². The van der Waals surface area contributed by atoms with E-state index in [0.29, 0.717) is 24.2 Å². The number of pyridine rings is 1. The lowest BCUT2D eigenvalue weighted by Gasteiger charge is -2.09. The lowest BCUT2D eigenvalue weighted by atomic mass is 10.2. The van der Waals surface area contributed by atoms with Crippen molar-refractivity contribution in [2.24, 2.45) is 0 Å². The number of ether oxygens (including phenoxy) is 2. The maximum absolute atomic E-state index is 6.00. The van der Waals surface area contributed by atoms with Gasteiger partial charge in [-0.2, -0.15) is 0 Å². The van der Waals surface area contributed by atoms with Crippen LogP contribution in [0.15, 0.2) is 77.4 Å². The monoisotopic (exact) mass is 365 g/mol. The van der Waals surface area contributed by atoms with E-state index in [2.05, 4.69) is 4.98 Å². The van der Waals surface area contributed by atoms with Crippen LogP contribution in [0.3, 0.4) is 0 Å². The van der Waals surface area contributed by atoms with Gasteiger partial charge in [-0.3, -0.25) is 0 Å². The standard InChI is InChI=1S/C21H16ClNO3/c22-17-7-9-20-16(12-17)6-8-18(23-20)14-25-19-4-1-3-15(11-19)13-26-21-5-2-10-24-21/h1-12H,13-14H2. The topological polar surface area (TPSA) is 44.5 Å². The molecule has 130 valence electrons. The Balaban J connectivity index is 1.41. The van der Waals surface area contributed by atoms with Gasteiger partial charge < -0.3 is 13.9 Å². The number of hydrogen-bond acceptors (Lipinski definition) is 4. The number of furan rings is 1. The molecule has 0 N–H and O–H groups in total. The predicted octanol–water partition coefficient (Wildman–Crippen LogP) is 5.64. The third-order valence-corrected chi connectivity index (χ3v) is 4.11. The average Bonchev–Trinajstić information content (AvgIpc) is 3.19. The third-order valence-electron chi connectivity index (χ3n) is 3.87. The fraction of sp³-hybridized carbons (Fsp3) is 0.0952. The second-order valence-corrected chi connectivity index (χ2v) is 6.23. The van der Waals surface area contributed by atoms with Crippen LogP contribution in [-0.4, -0.2) is 4.98 Å². The summed E-state index contributed by atoms with van der Waals surface area (Å²) in [5, 5.41) is 1.72. The maximum atomic E-state index is 6.00. The first-order valence-corrected chi connectivity index (χ1v) is 8.57. The van der Waals surface area contributed by atoms with Gasteiger partial charge in [-0.05, 0) is 48.0 Å². The quantitative estimate of drug-likeness (QED) is 0.443. The SMILES string of the molecule is Clc1ccc2nc(COc3cccc(COc4ccco4)c3)ccc2c1. The Morgan fingerprint density at radius 3 is 2.73 bits per heavy atom. The van der Waals surface area contributed by atoms with Gasteiger partial charge in [0.15, 0.2) is 0 Å². The highest BCUT2D eigenvalue weighted by atomic mass is 35.5. The zero-order valence-corrected chi connectivity index (χ0v) is 14.6. The first-order valence-electron chi connectivity index (χ1n) is 8.19. The van der Waals surface area contributed by atoms with Crippen LogP contribution in [0.1, 0.15) is 11.3 Å². The molecular weight excluding hydrogens is 350 g/mol. The molecule has 0 bridgehead atoms. The van der Waals surface area contributed by atoms with Gasteiger partial charge in [-0.25, -0.2) is 4.98 Å². The van der Waals surface area contributed by atoms with Crippen LogP contribution < -0.4 is 9.47 Å². The van der Waals surface area contributed by atoms with E-state index >= 15 is 0 Å². The Bertz CT molecular complexity index is 1010. The molecule has 4 nitrogen and oxygen atoms in total. The van der Waals surface area contributed by atoms with E-state index in [0.717, 1.165) is 27.9 Å². The van der Waals surface area contributed by atoms with Crippen LogP contribution >= 0.6 is 11.6 Å². The van der Waals surface area contributed by atoms with Crippen molar-refractivity contribution >= 4 is 22.5 Å². The van der Waals surface area contributed by atoms with Gasteiger partial charge in [0.1, 0.15) is 19.0 Å². The molecule has 0 atom stereocenters. The van der Waals surface area contributed by atoms with Crippen molar-refractivity contribution in [3.8, 4) is 11.7 Å². The minimum Gasteiger partial charge on any atom is -0.487 e. The van der Waals surface area contributed by atoms with Gasteiger partial charge in [0, 0.05) is 16.5 Å². The molecular formula is C21H16ClNO3. The van der Waals surface area contributed by atoms with E-state index in [4.69, 9.17) is 25.5 Å². The number of hydrogen-bond donors (Lipinski definition) is 0. The van der Waals surface area contributed by atoms with Crippen molar-refractivity contribution in [3.63, 3.8) is 0 Å². The van der Waals surface area contributed by atoms with E-state index in [9.17, 15) is 0 Å². The molecule has 0 spiro atoms. The molecule has 2 aromatic carbocycles. The molecule has 0 saturated carbocycles. The Morgan fingerprint density at radius 1 is 0.885 bits per heavy atom. The van der Waals surface area contributed by atoms with Crippen LogP contribution in [0.25, 0.3) is 10.9 Å². The fourth-order valence-corrected chi connectivity index (χ4v) is 2.78. The zero-order valence-electron chi connectivity index (χ0n) is 13.9. The Kier molecular flexibility index (Phi) is 4.75. The second-order valence-electron chi connectivity index (χ2n) is 5.80. The molecule has 4 rings (SSSR count). The van der Waals surface area contributed by atoms with E-state index < -0.39 is 0 Å². The van der Waals surface area contributed by atoms with Gasteiger partial charge >= 0.3 is 0 Å². The molecule has 0 aliphatic heterocycles. The van der Waals surface area contributed by atoms with E-state index in [1.54, 1.807) is 18.4 Å². The minimum absolute atomic E-state index is 0.390. The van der Waals surface area contributed by atoms with Gasteiger partial charge in [0.25, 0.3) is 5.95 Å². The molecule has 2 aromatic heterocycles. The normalized spacial score (nSPS) is 10.8. The molecule has 5 heteroatoms. The smallest absolute Gasteiger partial charge is 0.284 e. The van der Waals surface area contributed by atoms with Crippen molar-refractivity contribution in [3.05, 3.63) is 89.3 Å². The summed E-state index contributed by atoms with van der Waals surface area (Å²) in [4.78, 5) is 4.60. The molecule has 0 unspecified atom stereocenters. The summed E-state index contributed by atoms with van der Waals surface area (Å²) >= 11 is 6.00. The highest BCUT2D eigenvalue weighted by molar-refractivity contribution is 6.31. The summed E-state index contributed by atoms with van der Waals surface area (Å²) in [5.74, 6) is 1.26. The first kappa shape index (κ1) is 16.5.